The molecule has 1 atom stereocenters. The summed E-state index contributed by atoms with van der Waals surface area (Å²) in [6, 6.07) is 15.4. The van der Waals surface area contributed by atoms with Gasteiger partial charge in [0.25, 0.3) is 5.91 Å². The van der Waals surface area contributed by atoms with E-state index in [4.69, 9.17) is 14.2 Å². The molecule has 2 heterocycles. The van der Waals surface area contributed by atoms with Crippen LogP contribution in [0.5, 0.6) is 5.75 Å². The predicted molar refractivity (Wildman–Crippen MR) is 109 cm³/mol. The Morgan fingerprint density at radius 2 is 1.96 bits per heavy atom. The van der Waals surface area contributed by atoms with Crippen LogP contribution in [0.1, 0.15) is 28.8 Å². The van der Waals surface area contributed by atoms with Gasteiger partial charge in [0.05, 0.1) is 18.8 Å². The molecule has 0 aliphatic carbocycles. The van der Waals surface area contributed by atoms with Crippen LogP contribution < -0.4 is 4.74 Å². The van der Waals surface area contributed by atoms with Crippen LogP contribution in [0.4, 0.5) is 0 Å². The van der Waals surface area contributed by atoms with Crippen LogP contribution in [0.15, 0.2) is 53.0 Å². The summed E-state index contributed by atoms with van der Waals surface area (Å²) in [7, 11) is 0. The minimum Gasteiger partial charge on any atom is -0.488 e. The Morgan fingerprint density at radius 1 is 1.14 bits per heavy atom. The molecule has 0 bridgehead atoms. The summed E-state index contributed by atoms with van der Waals surface area (Å²) >= 11 is 3.47. The monoisotopic (exact) mass is 445 g/mol. The molecule has 1 amide bonds. The Balaban J connectivity index is 1.45. The summed E-state index contributed by atoms with van der Waals surface area (Å²) in [5.41, 5.74) is 1.65. The fourth-order valence-corrected chi connectivity index (χ4v) is 4.24. The number of amides is 1. The molecule has 148 valence electrons. The van der Waals surface area contributed by atoms with Crippen LogP contribution >= 0.6 is 15.9 Å². The Hall–Kier alpha value is -1.89. The van der Waals surface area contributed by atoms with Gasteiger partial charge in [-0.05, 0) is 42.7 Å². The topological polar surface area (TPSA) is 48.0 Å². The number of piperidine rings is 1. The second kappa shape index (κ2) is 9.07. The molecule has 1 unspecified atom stereocenters. The maximum Gasteiger partial charge on any atom is 0.257 e. The molecular formula is C22H24BrNO4. The summed E-state index contributed by atoms with van der Waals surface area (Å²) in [4.78, 5) is 15.1. The average molecular weight is 446 g/mol. The van der Waals surface area contributed by atoms with Gasteiger partial charge in [-0.3, -0.25) is 4.79 Å². The van der Waals surface area contributed by atoms with Gasteiger partial charge in [0, 0.05) is 23.5 Å². The first-order valence-corrected chi connectivity index (χ1v) is 10.5. The van der Waals surface area contributed by atoms with E-state index >= 15 is 0 Å². The molecule has 0 aromatic heterocycles. The second-order valence-corrected chi connectivity index (χ2v) is 8.09. The highest BCUT2D eigenvalue weighted by Crippen LogP contribution is 2.28. The lowest BCUT2D eigenvalue weighted by Crippen LogP contribution is -2.43. The Kier molecular flexibility index (Phi) is 6.29. The molecule has 4 rings (SSSR count). The fourth-order valence-electron chi connectivity index (χ4n) is 3.79. The van der Waals surface area contributed by atoms with E-state index in [0.29, 0.717) is 37.7 Å². The van der Waals surface area contributed by atoms with Crippen molar-refractivity contribution in [2.24, 2.45) is 5.92 Å². The molecule has 2 aliphatic rings. The molecule has 0 N–H and O–H groups in total. The van der Waals surface area contributed by atoms with Gasteiger partial charge in [-0.15, -0.1) is 0 Å². The number of nitrogens with zero attached hydrogens (tertiary/aromatic N) is 1. The maximum atomic E-state index is 13.2. The van der Waals surface area contributed by atoms with Crippen molar-refractivity contribution in [1.82, 2.24) is 4.90 Å². The van der Waals surface area contributed by atoms with E-state index < -0.39 is 0 Å². The third kappa shape index (κ3) is 4.57. The van der Waals surface area contributed by atoms with Crippen LogP contribution in [0.2, 0.25) is 0 Å². The van der Waals surface area contributed by atoms with Gasteiger partial charge in [-0.1, -0.05) is 40.2 Å². The highest BCUT2D eigenvalue weighted by Gasteiger charge is 2.33. The van der Waals surface area contributed by atoms with E-state index in [1.165, 1.54) is 0 Å². The predicted octanol–water partition coefficient (Wildman–Crippen LogP) is 4.25. The minimum atomic E-state index is -0.182. The summed E-state index contributed by atoms with van der Waals surface area (Å²) in [5, 5.41) is 0. The lowest BCUT2D eigenvalue weighted by molar-refractivity contribution is -0.0969. The number of benzene rings is 2. The summed E-state index contributed by atoms with van der Waals surface area (Å²) in [5.74, 6) is 0.852. The van der Waals surface area contributed by atoms with Crippen molar-refractivity contribution >= 4 is 21.8 Å². The normalized spacial score (nSPS) is 20.3. The van der Waals surface area contributed by atoms with E-state index in [2.05, 4.69) is 15.9 Å². The number of hydrogen-bond donors (Lipinski definition) is 0. The van der Waals surface area contributed by atoms with E-state index in [1.807, 2.05) is 53.4 Å². The smallest absolute Gasteiger partial charge is 0.257 e. The van der Waals surface area contributed by atoms with Crippen molar-refractivity contribution in [3.8, 4) is 5.75 Å². The van der Waals surface area contributed by atoms with Crippen molar-refractivity contribution in [1.29, 1.82) is 0 Å². The zero-order valence-electron chi connectivity index (χ0n) is 15.7. The van der Waals surface area contributed by atoms with Crippen LogP contribution in [0, 0.1) is 5.92 Å². The average Bonchev–Trinajstić information content (AvgIpc) is 3.27. The summed E-state index contributed by atoms with van der Waals surface area (Å²) in [6.07, 6.45) is 1.80. The number of carbonyl (C=O) groups excluding carboxylic acids is 1. The zero-order chi connectivity index (χ0) is 19.3. The number of likely N-dealkylation sites (tertiary alicyclic amines) is 1. The quantitative estimate of drug-likeness (QED) is 0.689. The number of hydrogen-bond acceptors (Lipinski definition) is 4. The van der Waals surface area contributed by atoms with Gasteiger partial charge in [0.1, 0.15) is 12.4 Å². The standard InChI is InChI=1S/C22H24BrNO4/c23-18-7-3-5-16(13-18)15-28-20-9-2-1-8-19(20)21(25)24-10-4-6-17(14-24)22-26-11-12-27-22/h1-3,5,7-9,13,17,22H,4,6,10-12,14-15H2. The van der Waals surface area contributed by atoms with Crippen molar-refractivity contribution < 1.29 is 19.0 Å². The maximum absolute atomic E-state index is 13.2. The van der Waals surface area contributed by atoms with Crippen LogP contribution in [-0.4, -0.2) is 43.4 Å². The SMILES string of the molecule is O=C(c1ccccc1OCc1cccc(Br)c1)N1CCCC(C2OCCO2)C1. The van der Waals surface area contributed by atoms with Gasteiger partial charge in [0.15, 0.2) is 6.29 Å². The molecule has 5 nitrogen and oxygen atoms in total. The molecule has 28 heavy (non-hydrogen) atoms. The minimum absolute atomic E-state index is 0.00698. The van der Waals surface area contributed by atoms with Gasteiger partial charge in [-0.25, -0.2) is 0 Å². The van der Waals surface area contributed by atoms with Crippen LogP contribution in [0.25, 0.3) is 0 Å². The lowest BCUT2D eigenvalue weighted by Gasteiger charge is -2.35. The third-order valence-corrected chi connectivity index (χ3v) is 5.67. The number of ether oxygens (including phenoxy) is 3. The molecule has 2 aromatic carbocycles. The van der Waals surface area contributed by atoms with Gasteiger partial charge in [0.2, 0.25) is 0 Å². The number of rotatable bonds is 5. The Bertz CT molecular complexity index is 822. The first-order valence-electron chi connectivity index (χ1n) is 9.69. The molecule has 0 saturated carbocycles. The van der Waals surface area contributed by atoms with Crippen molar-refractivity contribution in [3.63, 3.8) is 0 Å². The van der Waals surface area contributed by atoms with Crippen LogP contribution in [0.3, 0.4) is 0 Å². The van der Waals surface area contributed by atoms with Crippen LogP contribution in [-0.2, 0) is 16.1 Å². The lowest BCUT2D eigenvalue weighted by atomic mass is 9.96. The van der Waals surface area contributed by atoms with Gasteiger partial charge < -0.3 is 19.1 Å². The number of halogens is 1. The number of carbonyl (C=O) groups is 1. The van der Waals surface area contributed by atoms with Crippen molar-refractivity contribution in [2.75, 3.05) is 26.3 Å². The largest absolute Gasteiger partial charge is 0.488 e. The highest BCUT2D eigenvalue weighted by atomic mass is 79.9. The van der Waals surface area contributed by atoms with E-state index in [0.717, 1.165) is 29.4 Å². The first kappa shape index (κ1) is 19.4. The second-order valence-electron chi connectivity index (χ2n) is 7.18. The molecule has 2 fully saturated rings. The van der Waals surface area contributed by atoms with Gasteiger partial charge in [-0.2, -0.15) is 0 Å². The molecular weight excluding hydrogens is 422 g/mol. The summed E-state index contributed by atoms with van der Waals surface area (Å²) in [6.45, 7) is 3.10. The fraction of sp³-hybridized carbons (Fsp3) is 0.409. The molecule has 0 radical (unpaired) electrons. The molecule has 2 saturated heterocycles. The van der Waals surface area contributed by atoms with Crippen molar-refractivity contribution in [2.45, 2.75) is 25.7 Å². The van der Waals surface area contributed by atoms with Crippen molar-refractivity contribution in [3.05, 3.63) is 64.1 Å². The van der Waals surface area contributed by atoms with Gasteiger partial charge >= 0.3 is 0 Å². The molecule has 6 heteroatoms. The third-order valence-electron chi connectivity index (χ3n) is 5.18. The zero-order valence-corrected chi connectivity index (χ0v) is 17.3. The van der Waals surface area contributed by atoms with E-state index in [9.17, 15) is 4.79 Å². The molecule has 2 aromatic rings. The van der Waals surface area contributed by atoms with E-state index in [-0.39, 0.29) is 18.1 Å². The van der Waals surface area contributed by atoms with E-state index in [1.54, 1.807) is 0 Å². The Labute approximate surface area is 173 Å². The molecule has 0 spiro atoms. The molecule has 2 aliphatic heterocycles. The highest BCUT2D eigenvalue weighted by molar-refractivity contribution is 9.10. The number of para-hydroxylation sites is 1. The first-order chi connectivity index (χ1) is 13.7. The summed E-state index contributed by atoms with van der Waals surface area (Å²) < 4.78 is 18.3. The Morgan fingerprint density at radius 3 is 2.79 bits per heavy atom.